The summed E-state index contributed by atoms with van der Waals surface area (Å²) in [5, 5.41) is 11.2. The summed E-state index contributed by atoms with van der Waals surface area (Å²) in [6.07, 6.45) is 5.40. The number of amides is 3. The van der Waals surface area contributed by atoms with E-state index in [0.717, 1.165) is 60.1 Å². The van der Waals surface area contributed by atoms with E-state index >= 15 is 0 Å². The molecular formula is C24H27ClN4O4. The molecule has 2 aliphatic rings. The van der Waals surface area contributed by atoms with Gasteiger partial charge in [-0.15, -0.1) is 0 Å². The van der Waals surface area contributed by atoms with Crippen molar-refractivity contribution in [2.75, 3.05) is 18.9 Å². The van der Waals surface area contributed by atoms with E-state index in [1.165, 1.54) is 0 Å². The molecule has 0 atom stereocenters. The number of aryl methyl sites for hydroxylation is 2. The van der Waals surface area contributed by atoms with Crippen LogP contribution in [0.25, 0.3) is 11.0 Å². The van der Waals surface area contributed by atoms with Crippen LogP contribution in [-0.4, -0.2) is 35.6 Å². The molecule has 0 radical (unpaired) electrons. The fourth-order valence-corrected chi connectivity index (χ4v) is 5.48. The fraction of sp³-hybridized carbons (Fsp3) is 0.458. The van der Waals surface area contributed by atoms with Gasteiger partial charge < -0.3 is 24.5 Å². The van der Waals surface area contributed by atoms with Crippen LogP contribution in [-0.2, 0) is 12.0 Å². The summed E-state index contributed by atoms with van der Waals surface area (Å²) in [6, 6.07) is 3.23. The van der Waals surface area contributed by atoms with Crippen LogP contribution in [0.15, 0.2) is 21.1 Å². The number of benzene rings is 1. The predicted molar refractivity (Wildman–Crippen MR) is 125 cm³/mol. The monoisotopic (exact) mass is 470 g/mol. The van der Waals surface area contributed by atoms with Gasteiger partial charge in [-0.25, -0.2) is 4.79 Å². The van der Waals surface area contributed by atoms with E-state index in [-0.39, 0.29) is 17.7 Å². The maximum absolute atomic E-state index is 13.2. The van der Waals surface area contributed by atoms with Crippen molar-refractivity contribution in [3.05, 3.63) is 45.5 Å². The second kappa shape index (κ2) is 8.09. The molecule has 3 heterocycles. The SMILES string of the molecule is Cc1noc(C)c1CCN(C)C(=O)c1cc2cc(Cl)c3c(c2o1)C1(CCCCC1)NC(=O)N3. The number of carbonyl (C=O) groups is 2. The van der Waals surface area contributed by atoms with E-state index in [0.29, 0.717) is 29.3 Å². The standard InChI is InChI=1S/C24H27ClN4O4/c1-13-16(14(2)33-28-13)7-10-29(3)22(30)18-12-15-11-17(25)20-19(21(15)32-18)24(27-23(31)26-20)8-5-4-6-9-24/h11-12H,4-10H2,1-3H3,(H2,26,27,31). The Balaban J connectivity index is 1.49. The number of furan rings is 1. The van der Waals surface area contributed by atoms with Crippen LogP contribution in [0.2, 0.25) is 5.02 Å². The highest BCUT2D eigenvalue weighted by Crippen LogP contribution is 2.49. The Morgan fingerprint density at radius 2 is 2.00 bits per heavy atom. The minimum Gasteiger partial charge on any atom is -0.450 e. The minimum atomic E-state index is -0.535. The zero-order chi connectivity index (χ0) is 23.3. The first kappa shape index (κ1) is 21.8. The Morgan fingerprint density at radius 3 is 2.70 bits per heavy atom. The Morgan fingerprint density at radius 1 is 1.24 bits per heavy atom. The lowest BCUT2D eigenvalue weighted by molar-refractivity contribution is 0.0767. The summed E-state index contributed by atoms with van der Waals surface area (Å²) in [5.74, 6) is 0.803. The molecule has 33 heavy (non-hydrogen) atoms. The molecule has 3 amide bonds. The molecule has 3 aromatic rings. The van der Waals surface area contributed by atoms with Gasteiger partial charge in [0.1, 0.15) is 11.3 Å². The van der Waals surface area contributed by atoms with E-state index in [9.17, 15) is 9.59 Å². The number of hydrogen-bond donors (Lipinski definition) is 2. The van der Waals surface area contributed by atoms with Crippen LogP contribution in [0.1, 0.15) is 65.2 Å². The molecule has 174 valence electrons. The van der Waals surface area contributed by atoms with Crippen molar-refractivity contribution >= 4 is 40.2 Å². The van der Waals surface area contributed by atoms with E-state index < -0.39 is 5.54 Å². The average molecular weight is 471 g/mol. The molecular weight excluding hydrogens is 444 g/mol. The number of nitrogens with zero attached hydrogens (tertiary/aromatic N) is 2. The predicted octanol–water partition coefficient (Wildman–Crippen LogP) is 5.30. The number of aromatic nitrogens is 1. The number of hydrogen-bond acceptors (Lipinski definition) is 5. The maximum atomic E-state index is 13.2. The lowest BCUT2D eigenvalue weighted by Gasteiger charge is -2.42. The zero-order valence-corrected chi connectivity index (χ0v) is 19.8. The first-order valence-electron chi connectivity index (χ1n) is 11.3. The molecule has 1 fully saturated rings. The second-order valence-electron chi connectivity index (χ2n) is 9.14. The van der Waals surface area contributed by atoms with Crippen molar-refractivity contribution in [2.24, 2.45) is 0 Å². The second-order valence-corrected chi connectivity index (χ2v) is 9.55. The van der Waals surface area contributed by atoms with Gasteiger partial charge in [0.2, 0.25) is 0 Å². The van der Waals surface area contributed by atoms with Crippen LogP contribution in [0.3, 0.4) is 0 Å². The molecule has 1 aliphatic heterocycles. The molecule has 0 saturated heterocycles. The van der Waals surface area contributed by atoms with Crippen molar-refractivity contribution in [3.8, 4) is 0 Å². The summed E-state index contributed by atoms with van der Waals surface area (Å²) < 4.78 is 11.4. The molecule has 2 N–H and O–H groups in total. The number of fused-ring (bicyclic) bond motifs is 4. The van der Waals surface area contributed by atoms with Crippen LogP contribution in [0, 0.1) is 13.8 Å². The molecule has 5 rings (SSSR count). The number of halogens is 1. The van der Waals surface area contributed by atoms with Crippen molar-refractivity contribution in [1.82, 2.24) is 15.4 Å². The fourth-order valence-electron chi connectivity index (χ4n) is 5.22. The number of likely N-dealkylation sites (N-methyl/N-ethyl adjacent to an activating group) is 1. The third kappa shape index (κ3) is 3.66. The first-order chi connectivity index (χ1) is 15.8. The van der Waals surface area contributed by atoms with E-state index in [1.807, 2.05) is 13.8 Å². The Kier molecular flexibility index (Phi) is 5.35. The minimum absolute atomic E-state index is 0.215. The van der Waals surface area contributed by atoms with Crippen molar-refractivity contribution < 1.29 is 18.5 Å². The van der Waals surface area contributed by atoms with Gasteiger partial charge >= 0.3 is 6.03 Å². The maximum Gasteiger partial charge on any atom is 0.319 e. The molecule has 1 aliphatic carbocycles. The molecule has 1 saturated carbocycles. The summed E-state index contributed by atoms with van der Waals surface area (Å²) in [5.41, 5.74) is 3.35. The van der Waals surface area contributed by atoms with Crippen molar-refractivity contribution in [1.29, 1.82) is 0 Å². The van der Waals surface area contributed by atoms with Gasteiger partial charge in [0.15, 0.2) is 5.76 Å². The summed E-state index contributed by atoms with van der Waals surface area (Å²) in [6.45, 7) is 4.27. The van der Waals surface area contributed by atoms with E-state index in [2.05, 4.69) is 15.8 Å². The van der Waals surface area contributed by atoms with Crippen LogP contribution in [0.4, 0.5) is 10.5 Å². The Labute approximate surface area is 196 Å². The molecule has 9 heteroatoms. The number of anilines is 1. The highest BCUT2D eigenvalue weighted by Gasteiger charge is 2.44. The number of nitrogens with one attached hydrogen (secondary N) is 2. The summed E-state index contributed by atoms with van der Waals surface area (Å²) in [4.78, 5) is 27.2. The highest BCUT2D eigenvalue weighted by atomic mass is 35.5. The molecule has 0 bridgehead atoms. The van der Waals surface area contributed by atoms with Gasteiger partial charge in [-0.1, -0.05) is 36.0 Å². The van der Waals surface area contributed by atoms with Crippen LogP contribution < -0.4 is 10.6 Å². The van der Waals surface area contributed by atoms with Crippen molar-refractivity contribution in [3.63, 3.8) is 0 Å². The van der Waals surface area contributed by atoms with Gasteiger partial charge in [-0.05, 0) is 45.2 Å². The molecule has 2 aromatic heterocycles. The van der Waals surface area contributed by atoms with Gasteiger partial charge in [0.25, 0.3) is 5.91 Å². The third-order valence-electron chi connectivity index (χ3n) is 6.97. The quantitative estimate of drug-likeness (QED) is 0.538. The van der Waals surface area contributed by atoms with Crippen LogP contribution in [0.5, 0.6) is 0 Å². The smallest absolute Gasteiger partial charge is 0.319 e. The van der Waals surface area contributed by atoms with Gasteiger partial charge in [-0.2, -0.15) is 0 Å². The van der Waals surface area contributed by atoms with Crippen LogP contribution >= 0.6 is 11.6 Å². The molecule has 1 spiro atoms. The topological polar surface area (TPSA) is 101 Å². The lowest BCUT2D eigenvalue weighted by atomic mass is 9.74. The number of carbonyl (C=O) groups excluding carboxylic acids is 2. The zero-order valence-electron chi connectivity index (χ0n) is 19.0. The third-order valence-corrected chi connectivity index (χ3v) is 7.27. The van der Waals surface area contributed by atoms with Crippen molar-refractivity contribution in [2.45, 2.75) is 57.9 Å². The number of rotatable bonds is 4. The summed E-state index contributed by atoms with van der Waals surface area (Å²) >= 11 is 6.58. The molecule has 8 nitrogen and oxygen atoms in total. The molecule has 1 aromatic carbocycles. The highest BCUT2D eigenvalue weighted by molar-refractivity contribution is 6.35. The first-order valence-corrected chi connectivity index (χ1v) is 11.7. The van der Waals surface area contributed by atoms with E-state index in [1.54, 1.807) is 24.1 Å². The Bertz CT molecular complexity index is 1240. The van der Waals surface area contributed by atoms with Gasteiger partial charge in [0.05, 0.1) is 21.9 Å². The number of urea groups is 1. The summed E-state index contributed by atoms with van der Waals surface area (Å²) in [7, 11) is 1.75. The van der Waals surface area contributed by atoms with Gasteiger partial charge in [-0.3, -0.25) is 4.79 Å². The largest absolute Gasteiger partial charge is 0.450 e. The Hall–Kier alpha value is -3.00. The molecule has 0 unspecified atom stereocenters. The van der Waals surface area contributed by atoms with Gasteiger partial charge in [0, 0.05) is 30.1 Å². The van der Waals surface area contributed by atoms with E-state index in [4.69, 9.17) is 20.5 Å². The normalized spacial score (nSPS) is 17.0. The average Bonchev–Trinajstić information content (AvgIpc) is 3.34. The lowest BCUT2D eigenvalue weighted by Crippen LogP contribution is -2.52.